The molecular formula is C19H28N3O3S2+. The standard InChI is InChI=1S/C19H27N3O3S2/c1-15-4-9-19(26-15)27(23,24)20-14-18(22-10-12-25-13-11-22)16-5-7-17(8-6-16)21(2)3/h4-9,18,20H,10-14H2,1-3H3/p+1/t18-/m0/s1. The van der Waals surface area contributed by atoms with E-state index in [0.29, 0.717) is 24.0 Å². The number of sulfonamides is 1. The highest BCUT2D eigenvalue weighted by Gasteiger charge is 2.28. The molecule has 0 aliphatic carbocycles. The second-order valence-electron chi connectivity index (χ2n) is 7.03. The highest BCUT2D eigenvalue weighted by Crippen LogP contribution is 2.21. The Kier molecular flexibility index (Phi) is 6.54. The summed E-state index contributed by atoms with van der Waals surface area (Å²) in [4.78, 5) is 4.40. The second-order valence-corrected chi connectivity index (χ2v) is 10.3. The van der Waals surface area contributed by atoms with Crippen LogP contribution in [0.4, 0.5) is 5.69 Å². The lowest BCUT2D eigenvalue weighted by molar-refractivity contribution is -0.937. The summed E-state index contributed by atoms with van der Waals surface area (Å²) in [5.74, 6) is 0. The van der Waals surface area contributed by atoms with Gasteiger partial charge in [-0.05, 0) is 31.2 Å². The minimum absolute atomic E-state index is 0.0564. The van der Waals surface area contributed by atoms with Crippen molar-refractivity contribution in [3.63, 3.8) is 0 Å². The normalized spacial score (nSPS) is 17.0. The number of hydrogen-bond donors (Lipinski definition) is 2. The van der Waals surface area contributed by atoms with Gasteiger partial charge in [-0.1, -0.05) is 12.1 Å². The Morgan fingerprint density at radius 3 is 2.37 bits per heavy atom. The number of nitrogens with one attached hydrogen (secondary N) is 2. The number of morpholine rings is 1. The number of thiophene rings is 1. The molecule has 0 unspecified atom stereocenters. The predicted octanol–water partition coefficient (Wildman–Crippen LogP) is 1.06. The van der Waals surface area contributed by atoms with Crippen LogP contribution in [-0.4, -0.2) is 55.4 Å². The summed E-state index contributed by atoms with van der Waals surface area (Å²) in [6.07, 6.45) is 0. The molecule has 0 radical (unpaired) electrons. The second kappa shape index (κ2) is 8.70. The summed E-state index contributed by atoms with van der Waals surface area (Å²) in [6, 6.07) is 11.9. The fourth-order valence-corrected chi connectivity index (χ4v) is 5.68. The lowest BCUT2D eigenvalue weighted by Crippen LogP contribution is -3.15. The van der Waals surface area contributed by atoms with Gasteiger partial charge < -0.3 is 14.5 Å². The van der Waals surface area contributed by atoms with Crippen LogP contribution in [0.25, 0.3) is 0 Å². The molecule has 0 bridgehead atoms. The predicted molar refractivity (Wildman–Crippen MR) is 109 cm³/mol. The van der Waals surface area contributed by atoms with Crippen LogP contribution in [0.2, 0.25) is 0 Å². The minimum Gasteiger partial charge on any atom is -0.378 e. The first-order valence-corrected chi connectivity index (χ1v) is 11.4. The molecule has 2 N–H and O–H groups in total. The van der Waals surface area contributed by atoms with Crippen LogP contribution in [0, 0.1) is 6.92 Å². The van der Waals surface area contributed by atoms with Crippen LogP contribution in [0.1, 0.15) is 16.5 Å². The number of ether oxygens (including phenoxy) is 1. The molecule has 2 heterocycles. The van der Waals surface area contributed by atoms with Gasteiger partial charge in [0.15, 0.2) is 0 Å². The molecular weight excluding hydrogens is 382 g/mol. The van der Waals surface area contributed by atoms with Crippen molar-refractivity contribution in [1.82, 2.24) is 4.72 Å². The SMILES string of the molecule is Cc1ccc(S(=O)(=O)NC[C@@H](c2ccc(N(C)C)cc2)[NH+]2CCOCC2)s1. The third-order valence-electron chi connectivity index (χ3n) is 4.90. The third-order valence-corrected chi connectivity index (χ3v) is 7.81. The molecule has 1 saturated heterocycles. The lowest BCUT2D eigenvalue weighted by Gasteiger charge is -2.32. The lowest BCUT2D eigenvalue weighted by atomic mass is 10.0. The van der Waals surface area contributed by atoms with Gasteiger partial charge in [-0.25, -0.2) is 13.1 Å². The van der Waals surface area contributed by atoms with Crippen molar-refractivity contribution in [2.24, 2.45) is 0 Å². The molecule has 27 heavy (non-hydrogen) atoms. The smallest absolute Gasteiger partial charge is 0.250 e. The third kappa shape index (κ3) is 5.08. The van der Waals surface area contributed by atoms with Crippen molar-refractivity contribution in [2.75, 3.05) is 51.8 Å². The van der Waals surface area contributed by atoms with Gasteiger partial charge in [0.05, 0.1) is 19.8 Å². The van der Waals surface area contributed by atoms with E-state index < -0.39 is 10.0 Å². The molecule has 148 valence electrons. The quantitative estimate of drug-likeness (QED) is 0.717. The van der Waals surface area contributed by atoms with E-state index in [0.717, 1.165) is 29.2 Å². The van der Waals surface area contributed by atoms with E-state index in [1.807, 2.05) is 27.1 Å². The van der Waals surface area contributed by atoms with Crippen LogP contribution < -0.4 is 14.5 Å². The van der Waals surface area contributed by atoms with Crippen LogP contribution in [-0.2, 0) is 14.8 Å². The Hall–Kier alpha value is -1.45. The summed E-state index contributed by atoms with van der Waals surface area (Å²) in [5, 5.41) is 0. The van der Waals surface area contributed by atoms with Gasteiger partial charge in [0.25, 0.3) is 0 Å². The Morgan fingerprint density at radius 1 is 1.15 bits per heavy atom. The average Bonchev–Trinajstić information content (AvgIpc) is 3.10. The first-order valence-electron chi connectivity index (χ1n) is 9.12. The van der Waals surface area contributed by atoms with Crippen LogP contribution in [0.5, 0.6) is 0 Å². The van der Waals surface area contributed by atoms with Crippen molar-refractivity contribution in [2.45, 2.75) is 17.2 Å². The average molecular weight is 411 g/mol. The van der Waals surface area contributed by atoms with E-state index in [4.69, 9.17) is 4.74 Å². The van der Waals surface area contributed by atoms with Crippen molar-refractivity contribution >= 4 is 27.0 Å². The molecule has 1 aliphatic rings. The van der Waals surface area contributed by atoms with E-state index in [1.165, 1.54) is 16.2 Å². The summed E-state index contributed by atoms with van der Waals surface area (Å²) >= 11 is 1.30. The molecule has 0 spiro atoms. The molecule has 6 nitrogen and oxygen atoms in total. The van der Waals surface area contributed by atoms with E-state index in [2.05, 4.69) is 33.9 Å². The first kappa shape index (κ1) is 20.3. The Bertz CT molecular complexity index is 841. The van der Waals surface area contributed by atoms with E-state index >= 15 is 0 Å². The monoisotopic (exact) mass is 410 g/mol. The minimum atomic E-state index is -3.49. The van der Waals surface area contributed by atoms with E-state index in [9.17, 15) is 8.42 Å². The largest absolute Gasteiger partial charge is 0.378 e. The van der Waals surface area contributed by atoms with Gasteiger partial charge in [-0.2, -0.15) is 0 Å². The highest BCUT2D eigenvalue weighted by atomic mass is 32.2. The number of quaternary nitrogens is 1. The maximum absolute atomic E-state index is 12.7. The van der Waals surface area contributed by atoms with E-state index in [-0.39, 0.29) is 6.04 Å². The number of nitrogens with zero attached hydrogens (tertiary/aromatic N) is 1. The maximum Gasteiger partial charge on any atom is 0.250 e. The topological polar surface area (TPSA) is 63.1 Å². The molecule has 2 aromatic rings. The first-order chi connectivity index (χ1) is 12.9. The Morgan fingerprint density at radius 2 is 1.81 bits per heavy atom. The Balaban J connectivity index is 1.79. The van der Waals surface area contributed by atoms with Crippen molar-refractivity contribution < 1.29 is 18.1 Å². The zero-order valence-corrected chi connectivity index (χ0v) is 17.7. The van der Waals surface area contributed by atoms with Gasteiger partial charge in [0.2, 0.25) is 10.0 Å². The van der Waals surface area contributed by atoms with Crippen LogP contribution in [0.15, 0.2) is 40.6 Å². The molecule has 3 rings (SSSR count). The van der Waals surface area contributed by atoms with Gasteiger partial charge in [0.1, 0.15) is 23.3 Å². The summed E-state index contributed by atoms with van der Waals surface area (Å²) in [7, 11) is 0.534. The zero-order chi connectivity index (χ0) is 19.4. The van der Waals surface area contributed by atoms with Gasteiger partial charge in [-0.3, -0.25) is 0 Å². The van der Waals surface area contributed by atoms with Crippen LogP contribution >= 0.6 is 11.3 Å². The Labute approximate surface area is 165 Å². The van der Waals surface area contributed by atoms with Crippen molar-refractivity contribution in [3.8, 4) is 0 Å². The number of aryl methyl sites for hydroxylation is 1. The number of rotatable bonds is 7. The fourth-order valence-electron chi connectivity index (χ4n) is 3.31. The summed E-state index contributed by atoms with van der Waals surface area (Å²) < 4.78 is 34.0. The maximum atomic E-state index is 12.7. The van der Waals surface area contributed by atoms with Crippen molar-refractivity contribution in [1.29, 1.82) is 0 Å². The molecule has 1 atom stereocenters. The summed E-state index contributed by atoms with van der Waals surface area (Å²) in [5.41, 5.74) is 2.27. The number of hydrogen-bond acceptors (Lipinski definition) is 5. The fraction of sp³-hybridized carbons (Fsp3) is 0.474. The highest BCUT2D eigenvalue weighted by molar-refractivity contribution is 7.91. The number of anilines is 1. The molecule has 8 heteroatoms. The van der Waals surface area contributed by atoms with Crippen LogP contribution in [0.3, 0.4) is 0 Å². The zero-order valence-electron chi connectivity index (χ0n) is 16.1. The molecule has 1 aromatic carbocycles. The molecule has 1 aliphatic heterocycles. The van der Waals surface area contributed by atoms with Gasteiger partial charge >= 0.3 is 0 Å². The summed E-state index contributed by atoms with van der Waals surface area (Å²) in [6.45, 7) is 5.45. The van der Waals surface area contributed by atoms with E-state index in [1.54, 1.807) is 6.07 Å². The molecule has 1 fully saturated rings. The van der Waals surface area contributed by atoms with Gasteiger partial charge in [0, 0.05) is 30.2 Å². The molecule has 1 aromatic heterocycles. The van der Waals surface area contributed by atoms with Gasteiger partial charge in [-0.15, -0.1) is 11.3 Å². The molecule has 0 saturated carbocycles. The molecule has 0 amide bonds. The van der Waals surface area contributed by atoms with Crippen molar-refractivity contribution in [3.05, 3.63) is 46.8 Å². The number of benzene rings is 1.